The van der Waals surface area contributed by atoms with Gasteiger partial charge in [-0.2, -0.15) is 0 Å². The van der Waals surface area contributed by atoms with Crippen LogP contribution in [0.2, 0.25) is 0 Å². The number of piperazine rings is 1. The number of carbonyl (C=O) groups is 1. The molecule has 1 saturated heterocycles. The zero-order chi connectivity index (χ0) is 16.9. The lowest BCUT2D eigenvalue weighted by Crippen LogP contribution is -2.51. The van der Waals surface area contributed by atoms with Gasteiger partial charge in [-0.3, -0.25) is 19.6 Å². The average molecular weight is 320 g/mol. The van der Waals surface area contributed by atoms with Crippen molar-refractivity contribution >= 4 is 11.6 Å². The highest BCUT2D eigenvalue weighted by Crippen LogP contribution is 2.20. The monoisotopic (exact) mass is 320 g/mol. The van der Waals surface area contributed by atoms with Gasteiger partial charge in [0.2, 0.25) is 5.91 Å². The summed E-state index contributed by atoms with van der Waals surface area (Å²) < 4.78 is 0. The van der Waals surface area contributed by atoms with Crippen molar-refractivity contribution in [1.29, 1.82) is 0 Å². The summed E-state index contributed by atoms with van der Waals surface area (Å²) in [6, 6.07) is 3.63. The fraction of sp³-hybridized carbons (Fsp3) is 0.647. The van der Waals surface area contributed by atoms with Gasteiger partial charge in [-0.15, -0.1) is 0 Å². The second-order valence-corrected chi connectivity index (χ2v) is 7.25. The van der Waals surface area contributed by atoms with E-state index in [9.17, 15) is 9.90 Å². The van der Waals surface area contributed by atoms with Crippen molar-refractivity contribution < 1.29 is 9.90 Å². The normalized spacial score (nSPS) is 18.6. The maximum atomic E-state index is 12.0. The van der Waals surface area contributed by atoms with Gasteiger partial charge in [-0.25, -0.2) is 0 Å². The standard InChI is InChI=1S/C17H28N4O2/c1-17(2,3)15(22)12-20-7-9-21(10-8-20)13-16(23)19-14-5-4-6-18-11-14/h4-6,11,15,22H,7-10,12-13H2,1-3H3,(H,19,23). The molecule has 2 rings (SSSR count). The van der Waals surface area contributed by atoms with Crippen LogP contribution >= 0.6 is 0 Å². The number of aromatic nitrogens is 1. The minimum absolute atomic E-state index is 0.0128. The first-order valence-corrected chi connectivity index (χ1v) is 8.17. The minimum Gasteiger partial charge on any atom is -0.391 e. The molecule has 0 spiro atoms. The number of nitrogens with zero attached hydrogens (tertiary/aromatic N) is 3. The molecule has 0 aromatic carbocycles. The summed E-state index contributed by atoms with van der Waals surface area (Å²) in [6.07, 6.45) is 2.99. The number of pyridine rings is 1. The van der Waals surface area contributed by atoms with Crippen molar-refractivity contribution in [3.8, 4) is 0 Å². The number of hydrogen-bond acceptors (Lipinski definition) is 5. The number of amides is 1. The smallest absolute Gasteiger partial charge is 0.238 e. The first-order chi connectivity index (χ1) is 10.8. The van der Waals surface area contributed by atoms with Gasteiger partial charge in [0.15, 0.2) is 0 Å². The molecule has 1 fully saturated rings. The Morgan fingerprint density at radius 3 is 2.52 bits per heavy atom. The molecule has 23 heavy (non-hydrogen) atoms. The van der Waals surface area contributed by atoms with Gasteiger partial charge in [0.1, 0.15) is 0 Å². The molecule has 0 aliphatic carbocycles. The van der Waals surface area contributed by atoms with Gasteiger partial charge in [0.05, 0.1) is 24.5 Å². The lowest BCUT2D eigenvalue weighted by Gasteiger charge is -2.37. The summed E-state index contributed by atoms with van der Waals surface area (Å²) in [5.41, 5.74) is 0.630. The van der Waals surface area contributed by atoms with Crippen LogP contribution in [0.3, 0.4) is 0 Å². The first-order valence-electron chi connectivity index (χ1n) is 8.17. The van der Waals surface area contributed by atoms with E-state index in [1.807, 2.05) is 6.07 Å². The second-order valence-electron chi connectivity index (χ2n) is 7.25. The van der Waals surface area contributed by atoms with E-state index in [1.165, 1.54) is 0 Å². The molecule has 1 amide bonds. The molecule has 1 aliphatic rings. The van der Waals surface area contributed by atoms with E-state index in [-0.39, 0.29) is 17.4 Å². The molecule has 0 radical (unpaired) electrons. The van der Waals surface area contributed by atoms with Crippen LogP contribution in [0.5, 0.6) is 0 Å². The second kappa shape index (κ2) is 7.86. The van der Waals surface area contributed by atoms with Crippen LogP contribution in [-0.4, -0.2) is 71.2 Å². The predicted octanol–water partition coefficient (Wildman–Crippen LogP) is 1.04. The number of aliphatic hydroxyl groups excluding tert-OH is 1. The van der Waals surface area contributed by atoms with Crippen LogP contribution in [0.1, 0.15) is 20.8 Å². The van der Waals surface area contributed by atoms with Crippen LogP contribution in [-0.2, 0) is 4.79 Å². The molecule has 0 bridgehead atoms. The summed E-state index contributed by atoms with van der Waals surface area (Å²) in [5, 5.41) is 13.0. The lowest BCUT2D eigenvalue weighted by molar-refractivity contribution is -0.117. The van der Waals surface area contributed by atoms with Gasteiger partial charge in [-0.05, 0) is 17.5 Å². The van der Waals surface area contributed by atoms with Gasteiger partial charge in [0, 0.05) is 38.9 Å². The number of anilines is 1. The lowest BCUT2D eigenvalue weighted by atomic mass is 9.89. The molecule has 1 aliphatic heterocycles. The number of hydrogen-bond donors (Lipinski definition) is 2. The Hall–Kier alpha value is -1.50. The van der Waals surface area contributed by atoms with E-state index in [2.05, 4.69) is 40.9 Å². The topological polar surface area (TPSA) is 68.7 Å². The van der Waals surface area contributed by atoms with Crippen LogP contribution in [0.25, 0.3) is 0 Å². The Morgan fingerprint density at radius 1 is 1.30 bits per heavy atom. The van der Waals surface area contributed by atoms with Gasteiger partial charge in [-0.1, -0.05) is 20.8 Å². The third-order valence-corrected chi connectivity index (χ3v) is 4.21. The molecular weight excluding hydrogens is 292 g/mol. The van der Waals surface area contributed by atoms with Crippen molar-refractivity contribution in [2.45, 2.75) is 26.9 Å². The summed E-state index contributed by atoms with van der Waals surface area (Å²) in [6.45, 7) is 10.7. The van der Waals surface area contributed by atoms with Gasteiger partial charge >= 0.3 is 0 Å². The summed E-state index contributed by atoms with van der Waals surface area (Å²) >= 11 is 0. The molecule has 1 unspecified atom stereocenters. The number of rotatable bonds is 5. The molecule has 2 heterocycles. The van der Waals surface area contributed by atoms with Crippen LogP contribution < -0.4 is 5.32 Å². The highest BCUT2D eigenvalue weighted by Gasteiger charge is 2.26. The number of carbonyl (C=O) groups excluding carboxylic acids is 1. The Bertz CT molecular complexity index is 493. The molecule has 128 valence electrons. The molecule has 2 N–H and O–H groups in total. The summed E-state index contributed by atoms with van der Waals surface area (Å²) in [5.74, 6) is -0.0128. The van der Waals surface area contributed by atoms with Gasteiger partial charge in [0.25, 0.3) is 0 Å². The molecule has 1 atom stereocenters. The van der Waals surface area contributed by atoms with Crippen molar-refractivity contribution in [2.75, 3.05) is 44.6 Å². The number of β-amino-alcohol motifs (C(OH)–C–C–N with tert-alkyl or cyclic N) is 1. The zero-order valence-electron chi connectivity index (χ0n) is 14.3. The van der Waals surface area contributed by atoms with E-state index >= 15 is 0 Å². The van der Waals surface area contributed by atoms with Crippen LogP contribution in [0, 0.1) is 5.41 Å². The van der Waals surface area contributed by atoms with Crippen molar-refractivity contribution in [2.24, 2.45) is 5.41 Å². The van der Waals surface area contributed by atoms with E-state index in [1.54, 1.807) is 18.5 Å². The highest BCUT2D eigenvalue weighted by atomic mass is 16.3. The van der Waals surface area contributed by atoms with Crippen LogP contribution in [0.4, 0.5) is 5.69 Å². The molecule has 6 heteroatoms. The number of aliphatic hydroxyl groups is 1. The summed E-state index contributed by atoms with van der Waals surface area (Å²) in [7, 11) is 0. The van der Waals surface area contributed by atoms with Crippen molar-refractivity contribution in [1.82, 2.24) is 14.8 Å². The van der Waals surface area contributed by atoms with Crippen molar-refractivity contribution in [3.63, 3.8) is 0 Å². The molecule has 6 nitrogen and oxygen atoms in total. The Balaban J connectivity index is 1.71. The van der Waals surface area contributed by atoms with E-state index in [0.717, 1.165) is 31.9 Å². The third-order valence-electron chi connectivity index (χ3n) is 4.21. The molecule has 1 aromatic heterocycles. The SMILES string of the molecule is CC(C)(C)C(O)CN1CCN(CC(=O)Nc2cccnc2)CC1. The summed E-state index contributed by atoms with van der Waals surface area (Å²) in [4.78, 5) is 20.4. The Kier molecular flexibility index (Phi) is 6.10. The fourth-order valence-corrected chi connectivity index (χ4v) is 2.49. The number of nitrogens with one attached hydrogen (secondary N) is 1. The average Bonchev–Trinajstić information content (AvgIpc) is 2.49. The maximum absolute atomic E-state index is 12.0. The zero-order valence-corrected chi connectivity index (χ0v) is 14.3. The maximum Gasteiger partial charge on any atom is 0.238 e. The van der Waals surface area contributed by atoms with E-state index < -0.39 is 0 Å². The van der Waals surface area contributed by atoms with Crippen molar-refractivity contribution in [3.05, 3.63) is 24.5 Å². The van der Waals surface area contributed by atoms with E-state index in [4.69, 9.17) is 0 Å². The Morgan fingerprint density at radius 2 is 1.96 bits per heavy atom. The highest BCUT2D eigenvalue weighted by molar-refractivity contribution is 5.92. The molecular formula is C17H28N4O2. The quantitative estimate of drug-likeness (QED) is 0.848. The third kappa shape index (κ3) is 5.89. The first kappa shape index (κ1) is 17.8. The molecule has 1 aromatic rings. The fourth-order valence-electron chi connectivity index (χ4n) is 2.49. The Labute approximate surface area is 138 Å². The molecule has 0 saturated carbocycles. The largest absolute Gasteiger partial charge is 0.391 e. The van der Waals surface area contributed by atoms with Gasteiger partial charge < -0.3 is 10.4 Å². The van der Waals surface area contributed by atoms with E-state index in [0.29, 0.717) is 13.1 Å². The minimum atomic E-state index is -0.331. The van der Waals surface area contributed by atoms with Crippen LogP contribution in [0.15, 0.2) is 24.5 Å². The predicted molar refractivity (Wildman–Crippen MR) is 91.2 cm³/mol.